The normalized spacial score (nSPS) is 27.6. The Morgan fingerprint density at radius 1 is 0.750 bits per heavy atom. The third-order valence-corrected chi connectivity index (χ3v) is 6.17. The number of hydrogen-bond acceptors (Lipinski definition) is 5. The first-order valence-corrected chi connectivity index (χ1v) is 10.9. The second kappa shape index (κ2) is 12.9. The van der Waals surface area contributed by atoms with Crippen LogP contribution in [-0.4, -0.2) is 51.7 Å². The maximum Gasteiger partial charge on any atom is 0.407 e. The van der Waals surface area contributed by atoms with E-state index in [1.165, 1.54) is 39.2 Å². The minimum atomic E-state index is -0.317. The lowest BCUT2D eigenvalue weighted by Gasteiger charge is -2.34. The van der Waals surface area contributed by atoms with Crippen molar-refractivity contribution in [2.24, 2.45) is 11.8 Å². The Morgan fingerprint density at radius 3 is 1.75 bits per heavy atom. The fraction of sp³-hybridized carbons (Fsp3) is 0.905. The number of methoxy groups -OCH3 is 2. The molecule has 7 heteroatoms. The van der Waals surface area contributed by atoms with Crippen molar-refractivity contribution in [2.45, 2.75) is 82.7 Å². The molecule has 162 valence electrons. The number of alkyl carbamates (subject to hydrolysis) is 2. The van der Waals surface area contributed by atoms with Crippen molar-refractivity contribution < 1.29 is 23.8 Å². The molecule has 0 saturated heterocycles. The van der Waals surface area contributed by atoms with Crippen LogP contribution in [0, 0.1) is 11.8 Å². The van der Waals surface area contributed by atoms with Gasteiger partial charge in [-0.05, 0) is 82.5 Å². The number of ether oxygens (including phenoxy) is 3. The van der Waals surface area contributed by atoms with E-state index in [0.29, 0.717) is 13.2 Å². The van der Waals surface area contributed by atoms with Crippen molar-refractivity contribution in [3.8, 4) is 0 Å². The zero-order valence-electron chi connectivity index (χ0n) is 17.5. The molecule has 7 nitrogen and oxygen atoms in total. The quantitative estimate of drug-likeness (QED) is 0.573. The highest BCUT2D eigenvalue weighted by Gasteiger charge is 2.28. The van der Waals surface area contributed by atoms with E-state index >= 15 is 0 Å². The smallest absolute Gasteiger partial charge is 0.407 e. The molecule has 0 spiro atoms. The third kappa shape index (κ3) is 8.67. The van der Waals surface area contributed by atoms with E-state index in [1.807, 2.05) is 0 Å². The molecule has 2 saturated carbocycles. The van der Waals surface area contributed by atoms with Crippen molar-refractivity contribution >= 4 is 12.2 Å². The van der Waals surface area contributed by atoms with Crippen LogP contribution in [0.5, 0.6) is 0 Å². The zero-order valence-corrected chi connectivity index (χ0v) is 17.5. The summed E-state index contributed by atoms with van der Waals surface area (Å²) < 4.78 is 14.9. The average Bonchev–Trinajstić information content (AvgIpc) is 2.70. The fourth-order valence-corrected chi connectivity index (χ4v) is 4.50. The number of unbranched alkanes of at least 4 members (excludes halogenated alkanes) is 1. The number of carbonyl (C=O) groups excluding carboxylic acids is 2. The Labute approximate surface area is 169 Å². The number of hydrogen-bond donors (Lipinski definition) is 2. The first-order valence-electron chi connectivity index (χ1n) is 10.9. The summed E-state index contributed by atoms with van der Waals surface area (Å²) in [5.74, 6) is 1.53. The van der Waals surface area contributed by atoms with Gasteiger partial charge < -0.3 is 24.8 Å². The molecule has 2 rings (SSSR count). The lowest BCUT2D eigenvalue weighted by molar-refractivity contribution is 0.127. The van der Waals surface area contributed by atoms with Gasteiger partial charge in [0.1, 0.15) is 0 Å². The summed E-state index contributed by atoms with van der Waals surface area (Å²) >= 11 is 0. The molecular weight excluding hydrogens is 360 g/mol. The summed E-state index contributed by atoms with van der Waals surface area (Å²) in [7, 11) is 3.09. The van der Waals surface area contributed by atoms with Crippen LogP contribution in [0.2, 0.25) is 0 Å². The van der Waals surface area contributed by atoms with Crippen LogP contribution in [0.4, 0.5) is 9.59 Å². The minimum Gasteiger partial charge on any atom is -0.453 e. The SMILES string of the molecule is COCCCCOC(=O)NC1CCC(CC2CCC(NC(=O)OC)CC2)CC1. The lowest BCUT2D eigenvalue weighted by atomic mass is 9.76. The Balaban J connectivity index is 1.54. The van der Waals surface area contributed by atoms with Gasteiger partial charge in [-0.3, -0.25) is 0 Å². The Hall–Kier alpha value is -1.50. The van der Waals surface area contributed by atoms with Crippen LogP contribution in [-0.2, 0) is 14.2 Å². The largest absolute Gasteiger partial charge is 0.453 e. The number of nitrogens with one attached hydrogen (secondary N) is 2. The van der Waals surface area contributed by atoms with Crippen molar-refractivity contribution in [1.82, 2.24) is 10.6 Å². The van der Waals surface area contributed by atoms with E-state index in [1.54, 1.807) is 7.11 Å². The minimum absolute atomic E-state index is 0.253. The van der Waals surface area contributed by atoms with Gasteiger partial charge in [0.15, 0.2) is 0 Å². The van der Waals surface area contributed by atoms with Gasteiger partial charge in [0.2, 0.25) is 0 Å². The van der Waals surface area contributed by atoms with Gasteiger partial charge >= 0.3 is 12.2 Å². The molecule has 0 unspecified atom stereocenters. The van der Waals surface area contributed by atoms with E-state index in [9.17, 15) is 9.59 Å². The van der Waals surface area contributed by atoms with Crippen molar-refractivity contribution in [3.05, 3.63) is 0 Å². The lowest BCUT2D eigenvalue weighted by Crippen LogP contribution is -2.39. The molecule has 0 bridgehead atoms. The second-order valence-corrected chi connectivity index (χ2v) is 8.29. The van der Waals surface area contributed by atoms with Crippen LogP contribution < -0.4 is 10.6 Å². The van der Waals surface area contributed by atoms with Crippen molar-refractivity contribution in [1.29, 1.82) is 0 Å². The zero-order chi connectivity index (χ0) is 20.2. The summed E-state index contributed by atoms with van der Waals surface area (Å²) in [5.41, 5.74) is 0. The van der Waals surface area contributed by atoms with E-state index < -0.39 is 0 Å². The number of carbonyl (C=O) groups is 2. The highest BCUT2D eigenvalue weighted by atomic mass is 16.5. The van der Waals surface area contributed by atoms with E-state index in [0.717, 1.165) is 50.4 Å². The summed E-state index contributed by atoms with van der Waals surface area (Å²) in [6, 6.07) is 0.520. The molecule has 0 aliphatic heterocycles. The average molecular weight is 399 g/mol. The Kier molecular flexibility index (Phi) is 10.5. The molecule has 0 radical (unpaired) electrons. The molecule has 2 aliphatic carbocycles. The first-order chi connectivity index (χ1) is 13.6. The second-order valence-electron chi connectivity index (χ2n) is 8.29. The molecule has 0 atom stereocenters. The Morgan fingerprint density at radius 2 is 1.25 bits per heavy atom. The first kappa shape index (κ1) is 22.8. The predicted molar refractivity (Wildman–Crippen MR) is 107 cm³/mol. The number of amides is 2. The molecule has 2 amide bonds. The summed E-state index contributed by atoms with van der Waals surface area (Å²) in [5, 5.41) is 5.94. The van der Waals surface area contributed by atoms with Crippen LogP contribution in [0.1, 0.15) is 70.6 Å². The van der Waals surface area contributed by atoms with Gasteiger partial charge in [-0.15, -0.1) is 0 Å². The van der Waals surface area contributed by atoms with E-state index in [4.69, 9.17) is 9.47 Å². The van der Waals surface area contributed by atoms with Gasteiger partial charge in [0.25, 0.3) is 0 Å². The number of rotatable bonds is 9. The standard InChI is InChI=1S/C21H38N2O5/c1-26-13-3-4-14-28-21(25)23-19-11-7-17(8-12-19)15-16-5-9-18(10-6-16)22-20(24)27-2/h16-19H,3-15H2,1-2H3,(H,22,24)(H,23,25). The van der Waals surface area contributed by atoms with E-state index in [2.05, 4.69) is 15.4 Å². The van der Waals surface area contributed by atoms with Crippen LogP contribution in [0.25, 0.3) is 0 Å². The molecule has 2 fully saturated rings. The van der Waals surface area contributed by atoms with Crippen LogP contribution in [0.3, 0.4) is 0 Å². The molecule has 0 aromatic heterocycles. The highest BCUT2D eigenvalue weighted by Crippen LogP contribution is 2.35. The molecule has 2 aliphatic rings. The molecule has 2 N–H and O–H groups in total. The maximum atomic E-state index is 11.9. The Bertz CT molecular complexity index is 458. The van der Waals surface area contributed by atoms with Crippen molar-refractivity contribution in [2.75, 3.05) is 27.4 Å². The van der Waals surface area contributed by atoms with Gasteiger partial charge in [0.05, 0.1) is 13.7 Å². The fourth-order valence-electron chi connectivity index (χ4n) is 4.50. The van der Waals surface area contributed by atoms with Crippen LogP contribution >= 0.6 is 0 Å². The highest BCUT2D eigenvalue weighted by molar-refractivity contribution is 5.67. The molecule has 28 heavy (non-hydrogen) atoms. The summed E-state index contributed by atoms with van der Waals surface area (Å²) in [6.07, 6.45) is 11.3. The third-order valence-electron chi connectivity index (χ3n) is 6.17. The summed E-state index contributed by atoms with van der Waals surface area (Å²) in [4.78, 5) is 23.2. The van der Waals surface area contributed by atoms with Crippen molar-refractivity contribution in [3.63, 3.8) is 0 Å². The maximum absolute atomic E-state index is 11.9. The molecule has 0 heterocycles. The van der Waals surface area contributed by atoms with Gasteiger partial charge in [-0.25, -0.2) is 9.59 Å². The summed E-state index contributed by atoms with van der Waals surface area (Å²) in [6.45, 7) is 1.16. The molecule has 0 aromatic carbocycles. The monoisotopic (exact) mass is 398 g/mol. The van der Waals surface area contributed by atoms with Gasteiger partial charge in [0, 0.05) is 25.8 Å². The van der Waals surface area contributed by atoms with Gasteiger partial charge in [-0.2, -0.15) is 0 Å². The predicted octanol–water partition coefficient (Wildman–Crippen LogP) is 4.00. The van der Waals surface area contributed by atoms with Gasteiger partial charge in [-0.1, -0.05) is 0 Å². The van der Waals surface area contributed by atoms with E-state index in [-0.39, 0.29) is 24.3 Å². The van der Waals surface area contributed by atoms with Crippen LogP contribution in [0.15, 0.2) is 0 Å². The molecule has 0 aromatic rings. The topological polar surface area (TPSA) is 85.9 Å². The molecular formula is C21H38N2O5.